The Balaban J connectivity index is 1.51. The van der Waals surface area contributed by atoms with Gasteiger partial charge in [0.15, 0.2) is 5.78 Å². The summed E-state index contributed by atoms with van der Waals surface area (Å²) in [6.45, 7) is 4.72. The Hall–Kier alpha value is -2.64. The van der Waals surface area contributed by atoms with Gasteiger partial charge in [-0.1, -0.05) is 0 Å². The summed E-state index contributed by atoms with van der Waals surface area (Å²) in [6.07, 6.45) is 7.66. The van der Waals surface area contributed by atoms with Crippen molar-refractivity contribution in [2.75, 3.05) is 26.3 Å². The first-order chi connectivity index (χ1) is 13.1. The van der Waals surface area contributed by atoms with Gasteiger partial charge in [0.2, 0.25) is 0 Å². The average molecular weight is 365 g/mol. The Morgan fingerprint density at radius 1 is 1.22 bits per heavy atom. The lowest BCUT2D eigenvalue weighted by molar-refractivity contribution is -0.121. The number of pyridine rings is 2. The van der Waals surface area contributed by atoms with Gasteiger partial charge in [0.1, 0.15) is 0 Å². The third-order valence-corrected chi connectivity index (χ3v) is 4.92. The molecule has 27 heavy (non-hydrogen) atoms. The number of morpholine rings is 1. The van der Waals surface area contributed by atoms with Gasteiger partial charge in [0.05, 0.1) is 38.1 Å². The van der Waals surface area contributed by atoms with E-state index in [1.165, 1.54) is 0 Å². The van der Waals surface area contributed by atoms with Crippen molar-refractivity contribution < 1.29 is 9.53 Å². The predicted molar refractivity (Wildman–Crippen MR) is 102 cm³/mol. The molecule has 0 aliphatic carbocycles. The molecule has 7 nitrogen and oxygen atoms in total. The summed E-state index contributed by atoms with van der Waals surface area (Å²) in [5.74, 6) is 0.178. The van der Waals surface area contributed by atoms with Gasteiger partial charge in [-0.05, 0) is 24.4 Å². The number of aryl methyl sites for hydroxylation is 1. The van der Waals surface area contributed by atoms with E-state index in [1.54, 1.807) is 17.1 Å². The van der Waals surface area contributed by atoms with Gasteiger partial charge in [0, 0.05) is 54.9 Å². The molecule has 0 unspecified atom stereocenters. The first-order valence-electron chi connectivity index (χ1n) is 9.16. The third-order valence-electron chi connectivity index (χ3n) is 4.92. The van der Waals surface area contributed by atoms with Crippen molar-refractivity contribution in [3.8, 4) is 11.3 Å². The molecular formula is C20H23N5O2. The van der Waals surface area contributed by atoms with E-state index in [4.69, 9.17) is 4.74 Å². The van der Waals surface area contributed by atoms with Crippen LogP contribution in [0.15, 0.2) is 36.9 Å². The molecule has 140 valence electrons. The molecule has 0 bridgehead atoms. The van der Waals surface area contributed by atoms with Gasteiger partial charge in [0.25, 0.3) is 0 Å². The molecule has 0 spiro atoms. The Labute approximate surface area is 158 Å². The molecule has 3 aromatic rings. The maximum absolute atomic E-state index is 12.5. The van der Waals surface area contributed by atoms with Crippen LogP contribution >= 0.6 is 0 Å². The molecule has 1 fully saturated rings. The molecule has 1 saturated heterocycles. The Morgan fingerprint density at radius 3 is 2.85 bits per heavy atom. The SMILES string of the molecule is C[C@@H]1COCCN1CC(=O)Cc1cc2cc(-c3cnn(C)c3)ncc2cn1. The van der Waals surface area contributed by atoms with E-state index in [1.807, 2.05) is 31.6 Å². The number of rotatable bonds is 5. The second-order valence-electron chi connectivity index (χ2n) is 7.10. The van der Waals surface area contributed by atoms with Crippen LogP contribution in [0.4, 0.5) is 0 Å². The quantitative estimate of drug-likeness (QED) is 0.687. The number of hydrogen-bond donors (Lipinski definition) is 0. The van der Waals surface area contributed by atoms with Crippen LogP contribution in [-0.4, -0.2) is 62.8 Å². The topological polar surface area (TPSA) is 73.1 Å². The number of ether oxygens (including phenoxy) is 1. The maximum atomic E-state index is 12.5. The minimum Gasteiger partial charge on any atom is -0.379 e. The van der Waals surface area contributed by atoms with Crippen LogP contribution in [0.25, 0.3) is 22.0 Å². The number of hydrogen-bond acceptors (Lipinski definition) is 6. The fourth-order valence-electron chi connectivity index (χ4n) is 3.37. The van der Waals surface area contributed by atoms with E-state index in [2.05, 4.69) is 26.9 Å². The van der Waals surface area contributed by atoms with Crippen LogP contribution in [0.1, 0.15) is 12.6 Å². The largest absolute Gasteiger partial charge is 0.379 e. The molecule has 1 atom stereocenters. The van der Waals surface area contributed by atoms with E-state index in [9.17, 15) is 4.79 Å². The Morgan fingerprint density at radius 2 is 2.07 bits per heavy atom. The zero-order valence-corrected chi connectivity index (χ0v) is 15.6. The zero-order chi connectivity index (χ0) is 18.8. The van der Waals surface area contributed by atoms with Gasteiger partial charge in [-0.3, -0.25) is 24.3 Å². The van der Waals surface area contributed by atoms with E-state index >= 15 is 0 Å². The molecule has 4 rings (SSSR count). The number of fused-ring (bicyclic) bond motifs is 1. The molecule has 0 saturated carbocycles. The summed E-state index contributed by atoms with van der Waals surface area (Å²) < 4.78 is 7.19. The maximum Gasteiger partial charge on any atom is 0.152 e. The van der Waals surface area contributed by atoms with Crippen LogP contribution in [0.5, 0.6) is 0 Å². The van der Waals surface area contributed by atoms with Crippen molar-refractivity contribution in [2.45, 2.75) is 19.4 Å². The normalized spacial score (nSPS) is 18.1. The number of carbonyl (C=O) groups excluding carboxylic acids is 1. The molecule has 3 aromatic heterocycles. The van der Waals surface area contributed by atoms with E-state index in [0.717, 1.165) is 34.3 Å². The monoisotopic (exact) mass is 365 g/mol. The lowest BCUT2D eigenvalue weighted by Crippen LogP contribution is -2.46. The standard InChI is InChI=1S/C20H23N5O2/c1-14-13-27-4-3-25(14)12-19(26)7-18-5-15-6-20(17-10-23-24(2)11-17)22-9-16(15)8-21-18/h5-6,8-11,14H,3-4,7,12-13H2,1-2H3/t14-/m1/s1. The highest BCUT2D eigenvalue weighted by Gasteiger charge is 2.21. The van der Waals surface area contributed by atoms with Gasteiger partial charge >= 0.3 is 0 Å². The molecule has 1 aliphatic rings. The first kappa shape index (κ1) is 17.8. The molecule has 4 heterocycles. The second-order valence-corrected chi connectivity index (χ2v) is 7.10. The van der Waals surface area contributed by atoms with Gasteiger partial charge in [-0.15, -0.1) is 0 Å². The van der Waals surface area contributed by atoms with Crippen molar-refractivity contribution in [3.05, 3.63) is 42.6 Å². The van der Waals surface area contributed by atoms with Crippen molar-refractivity contribution in [3.63, 3.8) is 0 Å². The molecule has 7 heteroatoms. The van der Waals surface area contributed by atoms with Crippen LogP contribution in [0, 0.1) is 0 Å². The number of carbonyl (C=O) groups is 1. The fourth-order valence-corrected chi connectivity index (χ4v) is 3.37. The highest BCUT2D eigenvalue weighted by molar-refractivity contribution is 5.87. The Kier molecular flexibility index (Phi) is 4.96. The Bertz CT molecular complexity index is 968. The number of ketones is 1. The molecule has 0 radical (unpaired) electrons. The minimum atomic E-state index is 0.178. The van der Waals surface area contributed by atoms with Crippen molar-refractivity contribution in [1.29, 1.82) is 0 Å². The lowest BCUT2D eigenvalue weighted by Gasteiger charge is -2.32. The highest BCUT2D eigenvalue weighted by Crippen LogP contribution is 2.21. The average Bonchev–Trinajstić information content (AvgIpc) is 3.09. The zero-order valence-electron chi connectivity index (χ0n) is 15.6. The van der Waals surface area contributed by atoms with Gasteiger partial charge in [-0.2, -0.15) is 5.10 Å². The molecular weight excluding hydrogens is 342 g/mol. The van der Waals surface area contributed by atoms with Crippen LogP contribution in [0.2, 0.25) is 0 Å². The third kappa shape index (κ3) is 4.04. The minimum absolute atomic E-state index is 0.178. The molecule has 1 aliphatic heterocycles. The lowest BCUT2D eigenvalue weighted by atomic mass is 10.1. The summed E-state index contributed by atoms with van der Waals surface area (Å²) in [6, 6.07) is 4.28. The van der Waals surface area contributed by atoms with Crippen molar-refractivity contribution >= 4 is 16.6 Å². The molecule has 0 amide bonds. The molecule has 0 N–H and O–H groups in total. The fraction of sp³-hybridized carbons (Fsp3) is 0.400. The smallest absolute Gasteiger partial charge is 0.152 e. The first-order valence-corrected chi connectivity index (χ1v) is 9.16. The van der Waals surface area contributed by atoms with Crippen LogP contribution in [-0.2, 0) is 23.0 Å². The summed E-state index contributed by atoms with van der Waals surface area (Å²) >= 11 is 0. The summed E-state index contributed by atoms with van der Waals surface area (Å²) in [5, 5.41) is 6.19. The summed E-state index contributed by atoms with van der Waals surface area (Å²) in [5.41, 5.74) is 2.62. The summed E-state index contributed by atoms with van der Waals surface area (Å²) in [7, 11) is 1.88. The van der Waals surface area contributed by atoms with E-state index in [0.29, 0.717) is 26.2 Å². The highest BCUT2D eigenvalue weighted by atomic mass is 16.5. The number of aromatic nitrogens is 4. The van der Waals surface area contributed by atoms with Gasteiger partial charge < -0.3 is 4.74 Å². The van der Waals surface area contributed by atoms with Crippen LogP contribution in [0.3, 0.4) is 0 Å². The summed E-state index contributed by atoms with van der Waals surface area (Å²) in [4.78, 5) is 23.6. The number of nitrogens with zero attached hydrogens (tertiary/aromatic N) is 5. The van der Waals surface area contributed by atoms with E-state index < -0.39 is 0 Å². The van der Waals surface area contributed by atoms with Crippen molar-refractivity contribution in [2.24, 2.45) is 7.05 Å². The van der Waals surface area contributed by atoms with Gasteiger partial charge in [-0.25, -0.2) is 0 Å². The van der Waals surface area contributed by atoms with E-state index in [-0.39, 0.29) is 11.8 Å². The van der Waals surface area contributed by atoms with Crippen LogP contribution < -0.4 is 0 Å². The molecule has 0 aromatic carbocycles. The van der Waals surface area contributed by atoms with Crippen molar-refractivity contribution in [1.82, 2.24) is 24.6 Å². The predicted octanol–water partition coefficient (Wildman–Crippen LogP) is 1.86. The number of Topliss-reactive ketones (excluding diaryl/α,β-unsaturated/α-hetero) is 1. The second kappa shape index (κ2) is 7.54.